The van der Waals surface area contributed by atoms with Gasteiger partial charge < -0.3 is 16.0 Å². The van der Waals surface area contributed by atoms with Crippen molar-refractivity contribution in [2.45, 2.75) is 6.04 Å². The third-order valence-electron chi connectivity index (χ3n) is 5.46. The van der Waals surface area contributed by atoms with Crippen LogP contribution < -0.4 is 11.1 Å². The predicted molar refractivity (Wildman–Crippen MR) is 127 cm³/mol. The molecule has 3 aromatic heterocycles. The van der Waals surface area contributed by atoms with E-state index in [9.17, 15) is 9.18 Å². The standard InChI is InChI=1S/C26H20FN5O/c27-19-8-6-18(7-9-19)24-22(16-10-12-29-13-11-16)21-14-20(15-30-25(21)32-24)31-26(33)23(28)17-4-2-1-3-5-17/h1-15,23H,28H2,(H,30,32)(H,31,33)/t23-/m1/s1. The number of nitrogens with zero attached hydrogens (tertiary/aromatic N) is 2. The molecule has 0 unspecified atom stereocenters. The molecule has 0 aliphatic carbocycles. The maximum Gasteiger partial charge on any atom is 0.245 e. The van der Waals surface area contributed by atoms with Crippen LogP contribution in [0.25, 0.3) is 33.4 Å². The molecule has 1 amide bonds. The maximum absolute atomic E-state index is 13.5. The smallest absolute Gasteiger partial charge is 0.245 e. The number of carbonyl (C=O) groups is 1. The van der Waals surface area contributed by atoms with Crippen molar-refractivity contribution in [2.75, 3.05) is 5.32 Å². The quantitative estimate of drug-likeness (QED) is 0.358. The second kappa shape index (κ2) is 8.64. The van der Waals surface area contributed by atoms with Crippen LogP contribution in [0.1, 0.15) is 11.6 Å². The number of halogens is 1. The van der Waals surface area contributed by atoms with Gasteiger partial charge in [0.25, 0.3) is 0 Å². The van der Waals surface area contributed by atoms with Crippen molar-refractivity contribution in [3.8, 4) is 22.4 Å². The van der Waals surface area contributed by atoms with Crippen LogP contribution in [0.15, 0.2) is 91.4 Å². The van der Waals surface area contributed by atoms with Crippen molar-refractivity contribution in [1.29, 1.82) is 0 Å². The molecule has 162 valence electrons. The number of carbonyl (C=O) groups excluding carboxylic acids is 1. The van der Waals surface area contributed by atoms with Gasteiger partial charge in [-0.05, 0) is 59.2 Å². The van der Waals surface area contributed by atoms with Gasteiger partial charge in [-0.3, -0.25) is 9.78 Å². The number of aromatic nitrogens is 3. The van der Waals surface area contributed by atoms with E-state index >= 15 is 0 Å². The number of anilines is 1. The lowest BCUT2D eigenvalue weighted by molar-refractivity contribution is -0.117. The lowest BCUT2D eigenvalue weighted by Gasteiger charge is -2.12. The van der Waals surface area contributed by atoms with Crippen LogP contribution in [-0.4, -0.2) is 20.9 Å². The molecule has 7 heteroatoms. The van der Waals surface area contributed by atoms with Gasteiger partial charge in [-0.1, -0.05) is 30.3 Å². The fourth-order valence-electron chi connectivity index (χ4n) is 3.82. The average Bonchev–Trinajstić information content (AvgIpc) is 3.24. The van der Waals surface area contributed by atoms with E-state index in [4.69, 9.17) is 5.73 Å². The molecule has 0 radical (unpaired) electrons. The van der Waals surface area contributed by atoms with Gasteiger partial charge >= 0.3 is 0 Å². The van der Waals surface area contributed by atoms with E-state index in [1.165, 1.54) is 12.1 Å². The zero-order valence-electron chi connectivity index (χ0n) is 17.5. The number of hydrogen-bond donors (Lipinski definition) is 3. The molecule has 1 atom stereocenters. The van der Waals surface area contributed by atoms with E-state index in [0.29, 0.717) is 11.3 Å². The molecule has 0 spiro atoms. The number of nitrogens with one attached hydrogen (secondary N) is 2. The third-order valence-corrected chi connectivity index (χ3v) is 5.46. The molecule has 5 aromatic rings. The van der Waals surface area contributed by atoms with E-state index in [1.54, 1.807) is 30.7 Å². The number of rotatable bonds is 5. The number of hydrogen-bond acceptors (Lipinski definition) is 4. The Labute approximate surface area is 189 Å². The number of nitrogens with two attached hydrogens (primary N) is 1. The molecule has 0 saturated carbocycles. The summed E-state index contributed by atoms with van der Waals surface area (Å²) >= 11 is 0. The first-order valence-electron chi connectivity index (χ1n) is 10.4. The van der Waals surface area contributed by atoms with Gasteiger partial charge in [-0.2, -0.15) is 0 Å². The van der Waals surface area contributed by atoms with Crippen molar-refractivity contribution in [1.82, 2.24) is 15.0 Å². The summed E-state index contributed by atoms with van der Waals surface area (Å²) < 4.78 is 13.5. The molecule has 0 saturated heterocycles. The van der Waals surface area contributed by atoms with Crippen molar-refractivity contribution >= 4 is 22.6 Å². The molecule has 0 aliphatic heterocycles. The van der Waals surface area contributed by atoms with Crippen molar-refractivity contribution < 1.29 is 9.18 Å². The Hall–Kier alpha value is -4.36. The topological polar surface area (TPSA) is 96.7 Å². The van der Waals surface area contributed by atoms with E-state index in [1.807, 2.05) is 48.5 Å². The van der Waals surface area contributed by atoms with Crippen LogP contribution in [0, 0.1) is 5.82 Å². The Morgan fingerprint density at radius 1 is 0.970 bits per heavy atom. The van der Waals surface area contributed by atoms with E-state index in [2.05, 4.69) is 20.3 Å². The second-order valence-corrected chi connectivity index (χ2v) is 7.62. The fraction of sp³-hybridized carbons (Fsp3) is 0.0385. The molecule has 2 aromatic carbocycles. The Balaban J connectivity index is 1.57. The zero-order chi connectivity index (χ0) is 22.8. The number of aromatic amines is 1. The lowest BCUT2D eigenvalue weighted by atomic mass is 9.99. The molecule has 0 bridgehead atoms. The van der Waals surface area contributed by atoms with Crippen molar-refractivity contribution in [2.24, 2.45) is 5.73 Å². The highest BCUT2D eigenvalue weighted by Crippen LogP contribution is 2.38. The average molecular weight is 437 g/mol. The zero-order valence-corrected chi connectivity index (χ0v) is 17.5. The van der Waals surface area contributed by atoms with Crippen molar-refractivity contribution in [3.05, 3.63) is 103 Å². The minimum Gasteiger partial charge on any atom is -0.339 e. The van der Waals surface area contributed by atoms with Gasteiger partial charge in [0.2, 0.25) is 5.91 Å². The number of amides is 1. The minimum absolute atomic E-state index is 0.307. The highest BCUT2D eigenvalue weighted by Gasteiger charge is 2.19. The van der Waals surface area contributed by atoms with E-state index in [0.717, 1.165) is 33.3 Å². The normalized spacial score (nSPS) is 11.9. The molecular formula is C26H20FN5O. The summed E-state index contributed by atoms with van der Waals surface area (Å²) in [6, 6.07) is 20.3. The molecule has 4 N–H and O–H groups in total. The fourth-order valence-corrected chi connectivity index (χ4v) is 3.82. The Kier molecular flexibility index (Phi) is 5.38. The molecule has 0 fully saturated rings. The van der Waals surface area contributed by atoms with E-state index in [-0.39, 0.29) is 11.7 Å². The molecule has 0 aliphatic rings. The largest absolute Gasteiger partial charge is 0.339 e. The van der Waals surface area contributed by atoms with Gasteiger partial charge in [-0.15, -0.1) is 0 Å². The first kappa shape index (κ1) is 20.5. The van der Waals surface area contributed by atoms with Gasteiger partial charge in [0.15, 0.2) is 0 Å². The van der Waals surface area contributed by atoms with Crippen LogP contribution in [0.4, 0.5) is 10.1 Å². The van der Waals surface area contributed by atoms with E-state index < -0.39 is 6.04 Å². The minimum atomic E-state index is -0.803. The third kappa shape index (κ3) is 4.09. The molecule has 33 heavy (non-hydrogen) atoms. The van der Waals surface area contributed by atoms with Crippen LogP contribution in [-0.2, 0) is 4.79 Å². The molecule has 3 heterocycles. The summed E-state index contributed by atoms with van der Waals surface area (Å²) in [5, 5.41) is 3.68. The van der Waals surface area contributed by atoms with Gasteiger partial charge in [0, 0.05) is 23.3 Å². The summed E-state index contributed by atoms with van der Waals surface area (Å²) in [4.78, 5) is 24.7. The Morgan fingerprint density at radius 2 is 1.70 bits per heavy atom. The summed E-state index contributed by atoms with van der Waals surface area (Å²) in [5.41, 5.74) is 11.5. The number of fused-ring (bicyclic) bond motifs is 1. The summed E-state index contributed by atoms with van der Waals surface area (Å²) in [5.74, 6) is -0.639. The van der Waals surface area contributed by atoms with Gasteiger partial charge in [0.05, 0.1) is 17.6 Å². The van der Waals surface area contributed by atoms with Gasteiger partial charge in [-0.25, -0.2) is 9.37 Å². The number of benzene rings is 2. The summed E-state index contributed by atoms with van der Waals surface area (Å²) in [6.45, 7) is 0. The first-order valence-corrected chi connectivity index (χ1v) is 10.4. The maximum atomic E-state index is 13.5. The SMILES string of the molecule is N[C@@H](C(=O)Nc1cnc2[nH]c(-c3ccc(F)cc3)c(-c3ccncc3)c2c1)c1ccccc1. The first-order chi connectivity index (χ1) is 16.1. The summed E-state index contributed by atoms with van der Waals surface area (Å²) in [7, 11) is 0. The highest BCUT2D eigenvalue weighted by molar-refractivity contribution is 6.04. The van der Waals surface area contributed by atoms with Crippen LogP contribution in [0.3, 0.4) is 0 Å². The second-order valence-electron chi connectivity index (χ2n) is 7.62. The van der Waals surface area contributed by atoms with Gasteiger partial charge in [0.1, 0.15) is 17.5 Å². The number of H-pyrrole nitrogens is 1. The lowest BCUT2D eigenvalue weighted by Crippen LogP contribution is -2.27. The van der Waals surface area contributed by atoms with Crippen LogP contribution >= 0.6 is 0 Å². The van der Waals surface area contributed by atoms with Crippen LogP contribution in [0.2, 0.25) is 0 Å². The molecule has 5 rings (SSSR count). The molecular weight excluding hydrogens is 417 g/mol. The highest BCUT2D eigenvalue weighted by atomic mass is 19.1. The predicted octanol–water partition coefficient (Wildman–Crippen LogP) is 5.07. The monoisotopic (exact) mass is 437 g/mol. The number of pyridine rings is 2. The Morgan fingerprint density at radius 3 is 2.42 bits per heavy atom. The van der Waals surface area contributed by atoms with Crippen LogP contribution in [0.5, 0.6) is 0 Å². The van der Waals surface area contributed by atoms with Crippen molar-refractivity contribution in [3.63, 3.8) is 0 Å². The Bertz CT molecular complexity index is 1420. The summed E-state index contributed by atoms with van der Waals surface area (Å²) in [6.07, 6.45) is 5.00. The molecule has 6 nitrogen and oxygen atoms in total.